The van der Waals surface area contributed by atoms with Gasteiger partial charge in [-0.1, -0.05) is 60.7 Å². The Morgan fingerprint density at radius 1 is 0.915 bits per heavy atom. The van der Waals surface area contributed by atoms with Crippen molar-refractivity contribution in [1.82, 2.24) is 4.90 Å². The van der Waals surface area contributed by atoms with E-state index in [0.29, 0.717) is 35.5 Å². The van der Waals surface area contributed by atoms with Gasteiger partial charge in [-0.05, 0) is 65.6 Å². The highest BCUT2D eigenvalue weighted by Gasteiger charge is 2.31. The summed E-state index contributed by atoms with van der Waals surface area (Å²) < 4.78 is 9.98. The van der Waals surface area contributed by atoms with Crippen molar-refractivity contribution in [2.75, 3.05) is 24.3 Å². The van der Waals surface area contributed by atoms with E-state index < -0.39 is 18.1 Å². The van der Waals surface area contributed by atoms with E-state index in [-0.39, 0.29) is 37.2 Å². The lowest BCUT2D eigenvalue weighted by molar-refractivity contribution is -0.144. The van der Waals surface area contributed by atoms with Gasteiger partial charge in [-0.3, -0.25) is 14.4 Å². The van der Waals surface area contributed by atoms with E-state index in [1.807, 2.05) is 60.7 Å². The normalized spacial score (nSPS) is 14.3. The molecule has 4 aromatic rings. The monoisotopic (exact) mass is 633 g/mol. The number of carbonyl (C=O) groups excluding carboxylic acids is 4. The Labute approximate surface area is 272 Å². The highest BCUT2D eigenvalue weighted by molar-refractivity contribution is 6.06. The highest BCUT2D eigenvalue weighted by Crippen LogP contribution is 2.26. The fourth-order valence-electron chi connectivity index (χ4n) is 5.09. The summed E-state index contributed by atoms with van der Waals surface area (Å²) in [6.07, 6.45) is -0.301. The van der Waals surface area contributed by atoms with Crippen molar-refractivity contribution < 1.29 is 28.7 Å². The van der Waals surface area contributed by atoms with Crippen LogP contribution in [0.4, 0.5) is 16.2 Å². The van der Waals surface area contributed by atoms with Gasteiger partial charge in [-0.25, -0.2) is 4.79 Å². The molecule has 3 amide bonds. The van der Waals surface area contributed by atoms with Crippen LogP contribution in [0.25, 0.3) is 0 Å². The molecule has 0 saturated heterocycles. The number of aliphatic imine (C=N–C) groups is 1. The first-order chi connectivity index (χ1) is 22.8. The van der Waals surface area contributed by atoms with E-state index >= 15 is 0 Å². The maximum absolute atomic E-state index is 13.5. The smallest absolute Gasteiger partial charge is 0.435 e. The number of amides is 3. The third-order valence-corrected chi connectivity index (χ3v) is 7.64. The minimum Gasteiger partial charge on any atom is -0.469 e. The van der Waals surface area contributed by atoms with Crippen molar-refractivity contribution in [2.24, 2.45) is 10.7 Å². The van der Waals surface area contributed by atoms with Crippen LogP contribution in [-0.4, -0.2) is 54.3 Å². The lowest BCUT2D eigenvalue weighted by Crippen LogP contribution is -2.42. The standard InChI is InChI=1S/C36H35N5O6/c1-46-32(42)21-31-35(44)41(19-18-24-8-4-2-5-9-24)22-28-20-27(14-17-30(28)39-31)34(43)38-29-15-12-26(13-16-29)33(37)40-36(45)47-23-25-10-6-3-7-11-25/h2-17,20,31,39H,18-19,21-23H2,1H3,(H,38,43)(H2,37,40,45). The molecule has 0 spiro atoms. The number of fused-ring (bicyclic) bond motifs is 1. The number of ether oxygens (including phenoxy) is 2. The van der Waals surface area contributed by atoms with Crippen molar-refractivity contribution in [1.29, 1.82) is 0 Å². The number of nitrogens with one attached hydrogen (secondary N) is 2. The number of benzene rings is 4. The first-order valence-electron chi connectivity index (χ1n) is 15.0. The summed E-state index contributed by atoms with van der Waals surface area (Å²) in [4.78, 5) is 56.5. The van der Waals surface area contributed by atoms with Gasteiger partial charge in [0.1, 0.15) is 18.5 Å². The first kappa shape index (κ1) is 32.4. The van der Waals surface area contributed by atoms with Gasteiger partial charge < -0.3 is 30.7 Å². The maximum atomic E-state index is 13.5. The molecule has 240 valence electrons. The Morgan fingerprint density at radius 3 is 2.26 bits per heavy atom. The van der Waals surface area contributed by atoms with Crippen LogP contribution in [0.15, 0.2) is 108 Å². The van der Waals surface area contributed by atoms with Crippen molar-refractivity contribution in [2.45, 2.75) is 32.0 Å². The number of nitrogens with zero attached hydrogens (tertiary/aromatic N) is 2. The Hall–Kier alpha value is -5.97. The van der Waals surface area contributed by atoms with Crippen LogP contribution >= 0.6 is 0 Å². The van der Waals surface area contributed by atoms with Crippen molar-refractivity contribution in [3.05, 3.63) is 131 Å². The predicted molar refractivity (Wildman–Crippen MR) is 178 cm³/mol. The number of rotatable bonds is 10. The molecule has 4 N–H and O–H groups in total. The van der Waals surface area contributed by atoms with Gasteiger partial charge in [0.25, 0.3) is 5.91 Å². The molecule has 11 heteroatoms. The molecule has 4 aromatic carbocycles. The van der Waals surface area contributed by atoms with Crippen molar-refractivity contribution in [3.63, 3.8) is 0 Å². The van der Waals surface area contributed by atoms with Gasteiger partial charge >= 0.3 is 12.1 Å². The summed E-state index contributed by atoms with van der Waals surface area (Å²) in [6.45, 7) is 0.770. The number of hydrogen-bond donors (Lipinski definition) is 3. The third-order valence-electron chi connectivity index (χ3n) is 7.64. The Balaban J connectivity index is 1.25. The molecule has 5 rings (SSSR count). The molecule has 0 bridgehead atoms. The topological polar surface area (TPSA) is 152 Å². The van der Waals surface area contributed by atoms with Gasteiger partial charge in [0.2, 0.25) is 5.91 Å². The van der Waals surface area contributed by atoms with Crippen LogP contribution in [-0.2, 0) is 38.6 Å². The largest absolute Gasteiger partial charge is 0.469 e. The van der Waals surface area contributed by atoms with Crippen molar-refractivity contribution >= 4 is 41.1 Å². The minimum absolute atomic E-state index is 0.0175. The Bertz CT molecular complexity index is 1760. The maximum Gasteiger partial charge on any atom is 0.435 e. The van der Waals surface area contributed by atoms with Crippen LogP contribution in [0.1, 0.15) is 39.0 Å². The summed E-state index contributed by atoms with van der Waals surface area (Å²) in [5.41, 5.74) is 10.7. The second-order valence-electron chi connectivity index (χ2n) is 10.9. The molecule has 0 aliphatic carbocycles. The van der Waals surface area contributed by atoms with Crippen LogP contribution in [0.2, 0.25) is 0 Å². The number of esters is 1. The van der Waals surface area contributed by atoms with E-state index in [0.717, 1.165) is 16.7 Å². The quantitative estimate of drug-likeness (QED) is 0.127. The first-order valence-corrected chi connectivity index (χ1v) is 15.0. The lowest BCUT2D eigenvalue weighted by atomic mass is 10.1. The van der Waals surface area contributed by atoms with Gasteiger partial charge in [0.05, 0.1) is 13.5 Å². The van der Waals surface area contributed by atoms with Crippen molar-refractivity contribution in [3.8, 4) is 0 Å². The average molecular weight is 634 g/mol. The summed E-state index contributed by atoms with van der Waals surface area (Å²) in [7, 11) is 1.29. The summed E-state index contributed by atoms with van der Waals surface area (Å²) in [6, 6.07) is 29.9. The fourth-order valence-corrected chi connectivity index (χ4v) is 5.09. The fraction of sp³-hybridized carbons (Fsp3) is 0.194. The second-order valence-corrected chi connectivity index (χ2v) is 10.9. The van der Waals surface area contributed by atoms with E-state index in [1.165, 1.54) is 7.11 Å². The van der Waals surface area contributed by atoms with E-state index in [1.54, 1.807) is 47.4 Å². The molecular weight excluding hydrogens is 598 g/mol. The molecule has 0 radical (unpaired) electrons. The molecule has 47 heavy (non-hydrogen) atoms. The predicted octanol–water partition coefficient (Wildman–Crippen LogP) is 4.91. The van der Waals surface area contributed by atoms with Gasteiger partial charge in [0, 0.05) is 35.6 Å². The van der Waals surface area contributed by atoms with Crippen LogP contribution in [0.3, 0.4) is 0 Å². The number of methoxy groups -OCH3 is 1. The molecule has 1 aliphatic heterocycles. The zero-order valence-corrected chi connectivity index (χ0v) is 25.8. The summed E-state index contributed by atoms with van der Waals surface area (Å²) >= 11 is 0. The zero-order valence-electron chi connectivity index (χ0n) is 25.8. The molecule has 1 unspecified atom stereocenters. The number of amidine groups is 1. The third kappa shape index (κ3) is 8.82. The molecule has 0 fully saturated rings. The van der Waals surface area contributed by atoms with E-state index in [2.05, 4.69) is 15.6 Å². The number of nitrogens with two attached hydrogens (primary N) is 1. The number of anilines is 2. The zero-order chi connectivity index (χ0) is 33.2. The van der Waals surface area contributed by atoms with Gasteiger partial charge in [0.15, 0.2) is 0 Å². The molecular formula is C36H35N5O6. The number of hydrogen-bond acceptors (Lipinski definition) is 7. The highest BCUT2D eigenvalue weighted by atomic mass is 16.5. The Morgan fingerprint density at radius 2 is 1.57 bits per heavy atom. The SMILES string of the molecule is COC(=O)CC1Nc2ccc(C(=O)Nc3ccc(/C(N)=N\C(=O)OCc4ccccc4)cc3)cc2CN(CCc2ccccc2)C1=O. The average Bonchev–Trinajstić information content (AvgIpc) is 3.22. The van der Waals surface area contributed by atoms with Gasteiger partial charge in [-0.2, -0.15) is 4.99 Å². The molecule has 1 atom stereocenters. The molecule has 0 aromatic heterocycles. The van der Waals surface area contributed by atoms with E-state index in [4.69, 9.17) is 15.2 Å². The summed E-state index contributed by atoms with van der Waals surface area (Å²) in [5.74, 6) is -1.10. The van der Waals surface area contributed by atoms with Crippen LogP contribution in [0.5, 0.6) is 0 Å². The number of carbonyl (C=O) groups is 4. The summed E-state index contributed by atoms with van der Waals surface area (Å²) in [5, 5.41) is 6.05. The van der Waals surface area contributed by atoms with Crippen LogP contribution < -0.4 is 16.4 Å². The van der Waals surface area contributed by atoms with Gasteiger partial charge in [-0.15, -0.1) is 0 Å². The molecule has 1 heterocycles. The Kier molecular flexibility index (Phi) is 10.6. The minimum atomic E-state index is -0.807. The second kappa shape index (κ2) is 15.3. The lowest BCUT2D eigenvalue weighted by Gasteiger charge is -2.24. The van der Waals surface area contributed by atoms with E-state index in [9.17, 15) is 19.2 Å². The molecule has 0 saturated carbocycles. The molecule has 11 nitrogen and oxygen atoms in total. The van der Waals surface area contributed by atoms with Crippen LogP contribution in [0, 0.1) is 0 Å². The molecule has 1 aliphatic rings.